The van der Waals surface area contributed by atoms with Crippen molar-refractivity contribution < 1.29 is 14.3 Å². The topological polar surface area (TPSA) is 47.6 Å². The largest absolute Gasteiger partial charge is 0.493 e. The average Bonchev–Trinajstić information content (AvgIpc) is 2.53. The molecule has 0 aliphatic rings. The highest BCUT2D eigenvalue weighted by Gasteiger charge is 2.11. The van der Waals surface area contributed by atoms with Crippen molar-refractivity contribution in [3.05, 3.63) is 58.7 Å². The molecular formula is C18H21NO3. The van der Waals surface area contributed by atoms with Gasteiger partial charge in [0.1, 0.15) is 0 Å². The number of carbonyl (C=O) groups excluding carboxylic acids is 1. The quantitative estimate of drug-likeness (QED) is 0.922. The molecule has 0 heterocycles. The van der Waals surface area contributed by atoms with Crippen LogP contribution in [0.2, 0.25) is 0 Å². The number of ether oxygens (including phenoxy) is 2. The number of hydrogen-bond donors (Lipinski definition) is 1. The Kier molecular flexibility index (Phi) is 5.04. The molecule has 0 saturated carbocycles. The molecule has 0 unspecified atom stereocenters. The summed E-state index contributed by atoms with van der Waals surface area (Å²) in [5.41, 5.74) is 3.70. The fraction of sp³-hybridized carbons (Fsp3) is 0.278. The number of nitrogens with one attached hydrogen (secondary N) is 1. The zero-order valence-electron chi connectivity index (χ0n) is 13.4. The van der Waals surface area contributed by atoms with E-state index in [1.807, 2.05) is 50.2 Å². The van der Waals surface area contributed by atoms with E-state index in [1.54, 1.807) is 14.2 Å². The van der Waals surface area contributed by atoms with Crippen LogP contribution in [0.3, 0.4) is 0 Å². The van der Waals surface area contributed by atoms with Crippen molar-refractivity contribution in [3.8, 4) is 11.5 Å². The van der Waals surface area contributed by atoms with Gasteiger partial charge in [-0.1, -0.05) is 18.2 Å². The van der Waals surface area contributed by atoms with Crippen LogP contribution in [0.4, 0.5) is 0 Å². The van der Waals surface area contributed by atoms with E-state index in [1.165, 1.54) is 0 Å². The van der Waals surface area contributed by atoms with Crippen molar-refractivity contribution in [1.82, 2.24) is 5.32 Å². The molecule has 0 spiro atoms. The lowest BCUT2D eigenvalue weighted by molar-refractivity contribution is 0.0950. The lowest BCUT2D eigenvalue weighted by atomic mass is 10.1. The first-order valence-corrected chi connectivity index (χ1v) is 7.12. The third kappa shape index (κ3) is 3.39. The Bertz CT molecular complexity index is 680. The van der Waals surface area contributed by atoms with Crippen LogP contribution in [0.15, 0.2) is 36.4 Å². The number of amides is 1. The number of methoxy groups -OCH3 is 2. The first-order chi connectivity index (χ1) is 10.6. The molecule has 0 radical (unpaired) electrons. The van der Waals surface area contributed by atoms with Crippen molar-refractivity contribution in [2.24, 2.45) is 0 Å². The van der Waals surface area contributed by atoms with Gasteiger partial charge in [0, 0.05) is 12.1 Å². The Morgan fingerprint density at radius 3 is 2.27 bits per heavy atom. The van der Waals surface area contributed by atoms with Gasteiger partial charge in [-0.05, 0) is 48.7 Å². The molecule has 0 saturated heterocycles. The van der Waals surface area contributed by atoms with Gasteiger partial charge >= 0.3 is 0 Å². The fourth-order valence-corrected chi connectivity index (χ4v) is 2.31. The molecule has 1 N–H and O–H groups in total. The van der Waals surface area contributed by atoms with Gasteiger partial charge in [-0.2, -0.15) is 0 Å². The zero-order chi connectivity index (χ0) is 16.1. The van der Waals surface area contributed by atoms with Gasteiger partial charge in [0.25, 0.3) is 5.91 Å². The number of carbonyl (C=O) groups is 1. The molecule has 2 aromatic rings. The third-order valence-corrected chi connectivity index (χ3v) is 3.67. The van der Waals surface area contributed by atoms with Gasteiger partial charge in [0.2, 0.25) is 0 Å². The van der Waals surface area contributed by atoms with E-state index in [2.05, 4.69) is 5.32 Å². The Labute approximate surface area is 131 Å². The Balaban J connectivity index is 2.15. The lowest BCUT2D eigenvalue weighted by Gasteiger charge is -2.14. The minimum absolute atomic E-state index is 0.0766. The van der Waals surface area contributed by atoms with E-state index >= 15 is 0 Å². The smallest absolute Gasteiger partial charge is 0.251 e. The summed E-state index contributed by atoms with van der Waals surface area (Å²) in [5.74, 6) is 1.27. The molecule has 116 valence electrons. The van der Waals surface area contributed by atoms with E-state index in [9.17, 15) is 4.79 Å². The Hall–Kier alpha value is -2.49. The van der Waals surface area contributed by atoms with Crippen LogP contribution in [0.25, 0.3) is 0 Å². The Morgan fingerprint density at radius 1 is 1.00 bits per heavy atom. The van der Waals surface area contributed by atoms with E-state index in [4.69, 9.17) is 9.47 Å². The Morgan fingerprint density at radius 2 is 1.64 bits per heavy atom. The van der Waals surface area contributed by atoms with Gasteiger partial charge in [-0.3, -0.25) is 4.79 Å². The van der Waals surface area contributed by atoms with Crippen LogP contribution in [-0.4, -0.2) is 20.1 Å². The SMILES string of the molecule is COc1cc(C)c(CNC(=O)c2ccccc2C)cc1OC. The molecule has 0 aromatic heterocycles. The summed E-state index contributed by atoms with van der Waals surface area (Å²) in [5, 5.41) is 2.95. The summed E-state index contributed by atoms with van der Waals surface area (Å²) in [7, 11) is 3.21. The van der Waals surface area contributed by atoms with Crippen LogP contribution < -0.4 is 14.8 Å². The van der Waals surface area contributed by atoms with Gasteiger partial charge in [-0.25, -0.2) is 0 Å². The zero-order valence-corrected chi connectivity index (χ0v) is 13.4. The maximum atomic E-state index is 12.3. The molecule has 2 rings (SSSR count). The first-order valence-electron chi connectivity index (χ1n) is 7.12. The minimum atomic E-state index is -0.0766. The molecule has 4 heteroatoms. The summed E-state index contributed by atoms with van der Waals surface area (Å²) in [6.07, 6.45) is 0. The molecule has 22 heavy (non-hydrogen) atoms. The minimum Gasteiger partial charge on any atom is -0.493 e. The summed E-state index contributed by atoms with van der Waals surface area (Å²) >= 11 is 0. The predicted molar refractivity (Wildman–Crippen MR) is 86.6 cm³/mol. The second-order valence-corrected chi connectivity index (χ2v) is 5.13. The summed E-state index contributed by atoms with van der Waals surface area (Å²) < 4.78 is 10.6. The normalized spacial score (nSPS) is 10.2. The van der Waals surface area contributed by atoms with E-state index in [0.717, 1.165) is 16.7 Å². The number of aryl methyl sites for hydroxylation is 2. The van der Waals surface area contributed by atoms with Crippen LogP contribution in [0.5, 0.6) is 11.5 Å². The van der Waals surface area contributed by atoms with Crippen molar-refractivity contribution in [1.29, 1.82) is 0 Å². The average molecular weight is 299 g/mol. The van der Waals surface area contributed by atoms with Gasteiger partial charge < -0.3 is 14.8 Å². The van der Waals surface area contributed by atoms with Crippen molar-refractivity contribution in [2.45, 2.75) is 20.4 Å². The molecule has 0 aliphatic carbocycles. The second kappa shape index (κ2) is 6.98. The maximum Gasteiger partial charge on any atom is 0.251 e. The molecule has 0 fully saturated rings. The predicted octanol–water partition coefficient (Wildman–Crippen LogP) is 3.25. The highest BCUT2D eigenvalue weighted by atomic mass is 16.5. The van der Waals surface area contributed by atoms with Crippen LogP contribution in [-0.2, 0) is 6.54 Å². The number of rotatable bonds is 5. The van der Waals surface area contributed by atoms with Crippen LogP contribution in [0, 0.1) is 13.8 Å². The molecule has 0 atom stereocenters. The molecule has 0 aliphatic heterocycles. The van der Waals surface area contributed by atoms with E-state index < -0.39 is 0 Å². The molecule has 0 bridgehead atoms. The summed E-state index contributed by atoms with van der Waals surface area (Å²) in [4.78, 5) is 12.3. The van der Waals surface area contributed by atoms with Gasteiger partial charge in [0.05, 0.1) is 14.2 Å². The molecule has 2 aromatic carbocycles. The molecule has 4 nitrogen and oxygen atoms in total. The maximum absolute atomic E-state index is 12.3. The fourth-order valence-electron chi connectivity index (χ4n) is 2.31. The van der Waals surface area contributed by atoms with E-state index in [-0.39, 0.29) is 5.91 Å². The number of hydrogen-bond acceptors (Lipinski definition) is 3. The van der Waals surface area contributed by atoms with Crippen molar-refractivity contribution in [2.75, 3.05) is 14.2 Å². The molecule has 1 amide bonds. The van der Waals surface area contributed by atoms with Crippen LogP contribution >= 0.6 is 0 Å². The van der Waals surface area contributed by atoms with Crippen molar-refractivity contribution >= 4 is 5.91 Å². The highest BCUT2D eigenvalue weighted by molar-refractivity contribution is 5.95. The summed E-state index contributed by atoms with van der Waals surface area (Å²) in [6, 6.07) is 11.3. The summed E-state index contributed by atoms with van der Waals surface area (Å²) in [6.45, 7) is 4.35. The van der Waals surface area contributed by atoms with Crippen molar-refractivity contribution in [3.63, 3.8) is 0 Å². The molecular weight excluding hydrogens is 278 g/mol. The van der Waals surface area contributed by atoms with Crippen LogP contribution in [0.1, 0.15) is 27.0 Å². The lowest BCUT2D eigenvalue weighted by Crippen LogP contribution is -2.24. The second-order valence-electron chi connectivity index (χ2n) is 5.13. The third-order valence-electron chi connectivity index (χ3n) is 3.67. The monoisotopic (exact) mass is 299 g/mol. The highest BCUT2D eigenvalue weighted by Crippen LogP contribution is 2.30. The van der Waals surface area contributed by atoms with E-state index in [0.29, 0.717) is 23.6 Å². The van der Waals surface area contributed by atoms with Gasteiger partial charge in [-0.15, -0.1) is 0 Å². The standard InChI is InChI=1S/C18H21NO3/c1-12-7-5-6-8-15(12)18(20)19-11-14-10-17(22-4)16(21-3)9-13(14)2/h5-10H,11H2,1-4H3,(H,19,20). The number of benzene rings is 2. The first kappa shape index (κ1) is 15.9. The van der Waals surface area contributed by atoms with Gasteiger partial charge in [0.15, 0.2) is 11.5 Å².